The molecule has 0 saturated carbocycles. The molecule has 3 aromatic rings. The van der Waals surface area contributed by atoms with Gasteiger partial charge in [0.05, 0.1) is 24.4 Å². The molecule has 14 heteroatoms. The number of rotatable bonds is 9. The highest BCUT2D eigenvalue weighted by Crippen LogP contribution is 2.33. The molecule has 0 bridgehead atoms. The zero-order chi connectivity index (χ0) is 27.6. The van der Waals surface area contributed by atoms with Gasteiger partial charge in [0.1, 0.15) is 29.8 Å². The van der Waals surface area contributed by atoms with E-state index in [0.29, 0.717) is 53.9 Å². The van der Waals surface area contributed by atoms with Gasteiger partial charge in [-0.2, -0.15) is 5.26 Å². The molecule has 14 nitrogen and oxygen atoms in total. The van der Waals surface area contributed by atoms with Gasteiger partial charge in [-0.15, -0.1) is 0 Å². The second kappa shape index (κ2) is 10.8. The minimum atomic E-state index is -0.509. The summed E-state index contributed by atoms with van der Waals surface area (Å²) >= 11 is 0. The van der Waals surface area contributed by atoms with Crippen molar-refractivity contribution in [1.29, 1.82) is 5.26 Å². The highest BCUT2D eigenvalue weighted by molar-refractivity contribution is 5.94. The van der Waals surface area contributed by atoms with E-state index in [9.17, 15) is 14.9 Å². The smallest absolute Gasteiger partial charge is 0.415 e. The third kappa shape index (κ3) is 5.23. The van der Waals surface area contributed by atoms with Crippen molar-refractivity contribution in [2.75, 3.05) is 36.5 Å². The Bertz CT molecular complexity index is 1500. The quantitative estimate of drug-likeness (QED) is 0.372. The van der Waals surface area contributed by atoms with Gasteiger partial charge in [-0.3, -0.25) is 9.69 Å². The van der Waals surface area contributed by atoms with Crippen LogP contribution in [0.15, 0.2) is 23.0 Å². The molecule has 1 saturated heterocycles. The standard InChI is InChI=1S/C26H26N8O6/c1-14-21(33-40-32-14)12-37-19-6-16-4-15(5-20(16)17(7-19)8-27)9-28-3-2-18-11-34(26(36)39-18)22-10-29-25-24(30-22)31-23(35)13-38-25/h6-7,10,15,18,28H,2-5,9,11-13H2,1H3,(H,30,31,35). The average molecular weight is 547 g/mol. The Balaban J connectivity index is 0.982. The van der Waals surface area contributed by atoms with E-state index in [1.165, 1.54) is 11.1 Å². The van der Waals surface area contributed by atoms with Crippen molar-refractivity contribution in [3.05, 3.63) is 46.4 Å². The summed E-state index contributed by atoms with van der Waals surface area (Å²) in [6.45, 7) is 3.65. The summed E-state index contributed by atoms with van der Waals surface area (Å²) in [5.41, 5.74) is 4.10. The number of aromatic nitrogens is 4. The van der Waals surface area contributed by atoms with Gasteiger partial charge in [-0.05, 0) is 68.5 Å². The fraction of sp³-hybridized carbons (Fsp3) is 0.423. The summed E-state index contributed by atoms with van der Waals surface area (Å²) in [5, 5.41) is 23.3. The Morgan fingerprint density at radius 1 is 1.27 bits per heavy atom. The second-order valence-electron chi connectivity index (χ2n) is 9.91. The van der Waals surface area contributed by atoms with E-state index in [4.69, 9.17) is 18.8 Å². The third-order valence-electron chi connectivity index (χ3n) is 7.11. The molecule has 6 rings (SSSR count). The lowest BCUT2D eigenvalue weighted by molar-refractivity contribution is -0.118. The number of carbonyl (C=O) groups excluding carboxylic acids is 2. The van der Waals surface area contributed by atoms with Crippen LogP contribution in [0.5, 0.6) is 11.6 Å². The average Bonchev–Trinajstić information content (AvgIpc) is 3.66. The van der Waals surface area contributed by atoms with Crippen molar-refractivity contribution in [2.24, 2.45) is 5.92 Å². The molecule has 1 fully saturated rings. The Kier molecular flexibility index (Phi) is 6.87. The van der Waals surface area contributed by atoms with Crippen LogP contribution in [-0.4, -0.2) is 64.6 Å². The number of hydrogen-bond acceptors (Lipinski definition) is 12. The number of aryl methyl sites for hydroxylation is 1. The molecule has 3 aliphatic rings. The van der Waals surface area contributed by atoms with E-state index in [1.807, 2.05) is 6.07 Å². The van der Waals surface area contributed by atoms with Crippen LogP contribution in [0, 0.1) is 24.2 Å². The van der Waals surface area contributed by atoms with E-state index >= 15 is 0 Å². The number of nitrogens with zero attached hydrogens (tertiary/aromatic N) is 6. The van der Waals surface area contributed by atoms with Crippen molar-refractivity contribution in [3.63, 3.8) is 0 Å². The molecule has 0 spiro atoms. The SMILES string of the molecule is Cc1nonc1COc1cc(C#N)c2c(c1)CC(CNCCC1CN(c3cnc4c(n3)NC(=O)CO4)C(=O)O1)C2. The predicted octanol–water partition coefficient (Wildman–Crippen LogP) is 1.67. The van der Waals surface area contributed by atoms with Gasteiger partial charge < -0.3 is 24.8 Å². The van der Waals surface area contributed by atoms with Crippen LogP contribution in [0.1, 0.15) is 34.5 Å². The Morgan fingerprint density at radius 3 is 3.00 bits per heavy atom. The minimum Gasteiger partial charge on any atom is -0.487 e. The van der Waals surface area contributed by atoms with Gasteiger partial charge in [0.25, 0.3) is 11.8 Å². The second-order valence-corrected chi connectivity index (χ2v) is 9.91. The largest absolute Gasteiger partial charge is 0.487 e. The Labute approximate surface area is 228 Å². The zero-order valence-corrected chi connectivity index (χ0v) is 21.7. The molecule has 2 amide bonds. The van der Waals surface area contributed by atoms with E-state index in [0.717, 1.165) is 30.5 Å². The minimum absolute atomic E-state index is 0.119. The maximum Gasteiger partial charge on any atom is 0.415 e. The van der Waals surface area contributed by atoms with E-state index in [-0.39, 0.29) is 36.9 Å². The molecule has 2 aliphatic heterocycles. The normalized spacial score (nSPS) is 19.4. The molecular formula is C26H26N8O6. The maximum absolute atomic E-state index is 12.5. The van der Waals surface area contributed by atoms with E-state index in [1.54, 1.807) is 13.0 Å². The molecule has 0 radical (unpaired) electrons. The fourth-order valence-electron chi connectivity index (χ4n) is 5.07. The number of nitrogens with one attached hydrogen (secondary N) is 2. The molecule has 2 aromatic heterocycles. The van der Waals surface area contributed by atoms with Gasteiger partial charge in [0.2, 0.25) is 0 Å². The van der Waals surface area contributed by atoms with Gasteiger partial charge >= 0.3 is 6.09 Å². The number of cyclic esters (lactones) is 1. The van der Waals surface area contributed by atoms with Crippen molar-refractivity contribution < 1.29 is 28.4 Å². The van der Waals surface area contributed by atoms with Crippen LogP contribution < -0.4 is 25.0 Å². The van der Waals surface area contributed by atoms with Gasteiger partial charge in [0, 0.05) is 0 Å². The first-order chi connectivity index (χ1) is 19.5. The first-order valence-corrected chi connectivity index (χ1v) is 12.9. The summed E-state index contributed by atoms with van der Waals surface area (Å²) < 4.78 is 21.3. The molecule has 206 valence electrons. The molecule has 40 heavy (non-hydrogen) atoms. The number of carbonyl (C=O) groups is 2. The summed E-state index contributed by atoms with van der Waals surface area (Å²) in [6.07, 6.45) is 2.87. The van der Waals surface area contributed by atoms with Crippen LogP contribution in [-0.2, 0) is 29.0 Å². The lowest BCUT2D eigenvalue weighted by Gasteiger charge is -2.18. The fourth-order valence-corrected chi connectivity index (χ4v) is 5.07. The van der Waals surface area contributed by atoms with Crippen molar-refractivity contribution in [1.82, 2.24) is 25.6 Å². The molecule has 2 atom stereocenters. The van der Waals surface area contributed by atoms with Crippen molar-refractivity contribution >= 4 is 23.6 Å². The molecule has 1 aromatic carbocycles. The van der Waals surface area contributed by atoms with Crippen LogP contribution in [0.4, 0.5) is 16.4 Å². The Morgan fingerprint density at radius 2 is 2.17 bits per heavy atom. The third-order valence-corrected chi connectivity index (χ3v) is 7.11. The molecule has 2 N–H and O–H groups in total. The molecular weight excluding hydrogens is 520 g/mol. The monoisotopic (exact) mass is 546 g/mol. The number of ether oxygens (including phenoxy) is 3. The van der Waals surface area contributed by atoms with E-state index < -0.39 is 6.09 Å². The summed E-state index contributed by atoms with van der Waals surface area (Å²) in [5.74, 6) is 1.33. The van der Waals surface area contributed by atoms with Crippen molar-refractivity contribution in [3.8, 4) is 17.7 Å². The lowest BCUT2D eigenvalue weighted by atomic mass is 10.0. The Hall–Kier alpha value is -4.77. The number of hydrogen-bond donors (Lipinski definition) is 2. The molecule has 1 aliphatic carbocycles. The van der Waals surface area contributed by atoms with Crippen molar-refractivity contribution in [2.45, 2.75) is 38.9 Å². The van der Waals surface area contributed by atoms with Crippen LogP contribution in [0.25, 0.3) is 0 Å². The first kappa shape index (κ1) is 25.5. The number of nitriles is 1. The number of benzene rings is 1. The molecule has 4 heterocycles. The number of anilines is 2. The van der Waals surface area contributed by atoms with Crippen LogP contribution >= 0.6 is 0 Å². The zero-order valence-electron chi connectivity index (χ0n) is 21.7. The summed E-state index contributed by atoms with van der Waals surface area (Å²) in [7, 11) is 0. The summed E-state index contributed by atoms with van der Waals surface area (Å²) in [4.78, 5) is 33.8. The predicted molar refractivity (Wildman–Crippen MR) is 137 cm³/mol. The lowest BCUT2D eigenvalue weighted by Crippen LogP contribution is -2.30. The number of fused-ring (bicyclic) bond motifs is 2. The highest BCUT2D eigenvalue weighted by atomic mass is 16.6. The number of amides is 2. The van der Waals surface area contributed by atoms with Gasteiger partial charge in [-0.25, -0.2) is 19.4 Å². The first-order valence-electron chi connectivity index (χ1n) is 12.9. The van der Waals surface area contributed by atoms with E-state index in [2.05, 4.69) is 37.0 Å². The van der Waals surface area contributed by atoms with Crippen LogP contribution in [0.3, 0.4) is 0 Å². The topological polar surface area (TPSA) is 178 Å². The van der Waals surface area contributed by atoms with Crippen LogP contribution in [0.2, 0.25) is 0 Å². The van der Waals surface area contributed by atoms with Gasteiger partial charge in [-0.1, -0.05) is 10.3 Å². The summed E-state index contributed by atoms with van der Waals surface area (Å²) in [6, 6.07) is 6.06. The van der Waals surface area contributed by atoms with Gasteiger partial charge in [0.15, 0.2) is 18.2 Å². The maximum atomic E-state index is 12.5. The molecule has 2 unspecified atom stereocenters. The highest BCUT2D eigenvalue weighted by Gasteiger charge is 2.34.